The lowest BCUT2D eigenvalue weighted by Gasteiger charge is -2.00. The van der Waals surface area contributed by atoms with E-state index in [1.54, 1.807) is 23.1 Å². The number of benzene rings is 1. The van der Waals surface area contributed by atoms with Crippen LogP contribution in [0.15, 0.2) is 22.4 Å². The molecule has 0 N–H and O–H groups in total. The zero-order chi connectivity index (χ0) is 9.42. The van der Waals surface area contributed by atoms with Gasteiger partial charge in [0.2, 0.25) is 0 Å². The zero-order valence-corrected chi connectivity index (χ0v) is 9.82. The summed E-state index contributed by atoms with van der Waals surface area (Å²) < 4.78 is 1.31. The van der Waals surface area contributed by atoms with Crippen molar-refractivity contribution in [3.05, 3.63) is 28.1 Å². The Morgan fingerprint density at radius 2 is 2.15 bits per heavy atom. The van der Waals surface area contributed by atoms with Crippen LogP contribution in [0.1, 0.15) is 5.56 Å². The van der Waals surface area contributed by atoms with Crippen LogP contribution in [0.25, 0.3) is 10.1 Å². The normalized spacial score (nSPS) is 11.0. The van der Waals surface area contributed by atoms with Gasteiger partial charge in [-0.3, -0.25) is 0 Å². The topological polar surface area (TPSA) is 0 Å². The van der Waals surface area contributed by atoms with Crippen LogP contribution in [-0.4, -0.2) is 6.26 Å². The van der Waals surface area contributed by atoms with Crippen LogP contribution >= 0.6 is 34.7 Å². The highest BCUT2D eigenvalue weighted by Gasteiger charge is 2.05. The third-order valence-electron chi connectivity index (χ3n) is 2.02. The third kappa shape index (κ3) is 1.58. The molecule has 0 spiro atoms. The standard InChI is InChI=1S/C10H9ClS2/c1-6-3-7(12-2)4-8-9(11)5-13-10(6)8/h3-5H,1-2H3. The molecule has 0 saturated heterocycles. The van der Waals surface area contributed by atoms with Gasteiger partial charge in [0.1, 0.15) is 0 Å². The molecule has 3 heteroatoms. The lowest BCUT2D eigenvalue weighted by Crippen LogP contribution is -1.75. The summed E-state index contributed by atoms with van der Waals surface area (Å²) in [7, 11) is 0. The second kappa shape index (κ2) is 3.52. The van der Waals surface area contributed by atoms with Crippen molar-refractivity contribution >= 4 is 44.8 Å². The summed E-state index contributed by atoms with van der Waals surface area (Å²) in [4.78, 5) is 1.28. The van der Waals surface area contributed by atoms with Gasteiger partial charge in [0.25, 0.3) is 0 Å². The van der Waals surface area contributed by atoms with Gasteiger partial charge in [-0.2, -0.15) is 0 Å². The number of rotatable bonds is 1. The van der Waals surface area contributed by atoms with Crippen LogP contribution < -0.4 is 0 Å². The Bertz CT molecular complexity index is 445. The maximum Gasteiger partial charge on any atom is 0.0592 e. The zero-order valence-electron chi connectivity index (χ0n) is 7.43. The molecule has 68 valence electrons. The lowest BCUT2D eigenvalue weighted by atomic mass is 10.2. The molecule has 0 atom stereocenters. The molecule has 13 heavy (non-hydrogen) atoms. The van der Waals surface area contributed by atoms with Crippen LogP contribution in [0.3, 0.4) is 0 Å². The van der Waals surface area contributed by atoms with E-state index in [0.29, 0.717) is 0 Å². The minimum Gasteiger partial charge on any atom is -0.142 e. The Hall–Kier alpha value is -0.180. The average Bonchev–Trinajstić information content (AvgIpc) is 2.48. The molecule has 0 aliphatic heterocycles. The molecule has 2 aromatic rings. The lowest BCUT2D eigenvalue weighted by molar-refractivity contribution is 1.43. The van der Waals surface area contributed by atoms with Crippen molar-refractivity contribution < 1.29 is 0 Å². The van der Waals surface area contributed by atoms with E-state index in [2.05, 4.69) is 25.3 Å². The minimum atomic E-state index is 0.874. The average molecular weight is 229 g/mol. The van der Waals surface area contributed by atoms with Crippen LogP contribution in [0.5, 0.6) is 0 Å². The number of thiophene rings is 1. The highest BCUT2D eigenvalue weighted by molar-refractivity contribution is 7.98. The Morgan fingerprint density at radius 3 is 2.85 bits per heavy atom. The third-order valence-corrected chi connectivity index (χ3v) is 4.30. The van der Waals surface area contributed by atoms with Gasteiger partial charge in [0, 0.05) is 20.4 Å². The van der Waals surface area contributed by atoms with Crippen molar-refractivity contribution in [1.29, 1.82) is 0 Å². The van der Waals surface area contributed by atoms with Crippen molar-refractivity contribution in [2.45, 2.75) is 11.8 Å². The van der Waals surface area contributed by atoms with Gasteiger partial charge in [0.05, 0.1) is 5.02 Å². The number of fused-ring (bicyclic) bond motifs is 1. The van der Waals surface area contributed by atoms with Gasteiger partial charge >= 0.3 is 0 Å². The van der Waals surface area contributed by atoms with Crippen molar-refractivity contribution in [3.8, 4) is 0 Å². The molecule has 0 bridgehead atoms. The molecule has 0 saturated carbocycles. The van der Waals surface area contributed by atoms with Crippen molar-refractivity contribution in [1.82, 2.24) is 0 Å². The van der Waals surface area contributed by atoms with E-state index in [4.69, 9.17) is 11.6 Å². The van der Waals surface area contributed by atoms with E-state index in [9.17, 15) is 0 Å². The van der Waals surface area contributed by atoms with Gasteiger partial charge < -0.3 is 0 Å². The largest absolute Gasteiger partial charge is 0.142 e. The summed E-state index contributed by atoms with van der Waals surface area (Å²) in [5.74, 6) is 0. The van der Waals surface area contributed by atoms with Crippen molar-refractivity contribution in [3.63, 3.8) is 0 Å². The fraction of sp³-hybridized carbons (Fsp3) is 0.200. The van der Waals surface area contributed by atoms with E-state index in [1.165, 1.54) is 20.5 Å². The summed E-state index contributed by atoms with van der Waals surface area (Å²) in [6, 6.07) is 4.37. The molecular formula is C10H9ClS2. The molecule has 1 aromatic carbocycles. The smallest absolute Gasteiger partial charge is 0.0592 e. The summed E-state index contributed by atoms with van der Waals surface area (Å²) in [5, 5.41) is 4.07. The first-order valence-electron chi connectivity index (χ1n) is 3.93. The summed E-state index contributed by atoms with van der Waals surface area (Å²) in [5.41, 5.74) is 1.32. The highest BCUT2D eigenvalue weighted by atomic mass is 35.5. The Labute approximate surface area is 90.9 Å². The van der Waals surface area contributed by atoms with Gasteiger partial charge in [-0.1, -0.05) is 11.6 Å². The number of thioether (sulfide) groups is 1. The van der Waals surface area contributed by atoms with Gasteiger partial charge in [0.15, 0.2) is 0 Å². The van der Waals surface area contributed by atoms with E-state index in [-0.39, 0.29) is 0 Å². The Kier molecular flexibility index (Phi) is 2.54. The molecule has 0 aliphatic carbocycles. The summed E-state index contributed by atoms with van der Waals surface area (Å²) in [6.45, 7) is 2.13. The van der Waals surface area contributed by atoms with E-state index in [1.807, 2.05) is 5.38 Å². The first-order valence-corrected chi connectivity index (χ1v) is 6.42. The number of halogens is 1. The molecular weight excluding hydrogens is 220 g/mol. The summed E-state index contributed by atoms with van der Waals surface area (Å²) in [6.07, 6.45) is 2.08. The van der Waals surface area contributed by atoms with E-state index >= 15 is 0 Å². The molecule has 0 aliphatic rings. The fourth-order valence-corrected chi connectivity index (χ4v) is 3.12. The number of hydrogen-bond acceptors (Lipinski definition) is 2. The van der Waals surface area contributed by atoms with Gasteiger partial charge in [-0.15, -0.1) is 23.1 Å². The predicted molar refractivity (Wildman–Crippen MR) is 63.4 cm³/mol. The molecule has 0 fully saturated rings. The SMILES string of the molecule is CSc1cc(C)c2scc(Cl)c2c1. The Balaban J connectivity index is 2.80. The molecule has 2 rings (SSSR count). The van der Waals surface area contributed by atoms with Gasteiger partial charge in [-0.05, 0) is 30.9 Å². The maximum atomic E-state index is 6.07. The Morgan fingerprint density at radius 1 is 1.38 bits per heavy atom. The second-order valence-electron chi connectivity index (χ2n) is 2.90. The van der Waals surface area contributed by atoms with Crippen molar-refractivity contribution in [2.24, 2.45) is 0 Å². The highest BCUT2D eigenvalue weighted by Crippen LogP contribution is 2.35. The monoisotopic (exact) mass is 228 g/mol. The first kappa shape index (κ1) is 9.38. The van der Waals surface area contributed by atoms with Gasteiger partial charge in [-0.25, -0.2) is 0 Å². The molecule has 0 unspecified atom stereocenters. The molecule has 0 radical (unpaired) electrons. The number of hydrogen-bond donors (Lipinski definition) is 0. The maximum absolute atomic E-state index is 6.07. The molecule has 0 amide bonds. The number of aryl methyl sites for hydroxylation is 1. The second-order valence-corrected chi connectivity index (χ2v) is 5.07. The predicted octanol–water partition coefficient (Wildman–Crippen LogP) is 4.59. The van der Waals surface area contributed by atoms with Crippen LogP contribution in [0, 0.1) is 6.92 Å². The summed E-state index contributed by atoms with van der Waals surface area (Å²) >= 11 is 9.55. The first-order chi connectivity index (χ1) is 6.22. The van der Waals surface area contributed by atoms with E-state index in [0.717, 1.165) is 5.02 Å². The molecule has 1 aromatic heterocycles. The van der Waals surface area contributed by atoms with E-state index < -0.39 is 0 Å². The van der Waals surface area contributed by atoms with Crippen LogP contribution in [0.4, 0.5) is 0 Å². The van der Waals surface area contributed by atoms with Crippen LogP contribution in [-0.2, 0) is 0 Å². The molecule has 0 nitrogen and oxygen atoms in total. The van der Waals surface area contributed by atoms with Crippen molar-refractivity contribution in [2.75, 3.05) is 6.26 Å². The minimum absolute atomic E-state index is 0.874. The fourth-order valence-electron chi connectivity index (χ4n) is 1.37. The quantitative estimate of drug-likeness (QED) is 0.644. The molecule has 1 heterocycles. The van der Waals surface area contributed by atoms with Crippen LogP contribution in [0.2, 0.25) is 5.02 Å².